The van der Waals surface area contributed by atoms with Crippen molar-refractivity contribution in [2.24, 2.45) is 0 Å². The first-order valence-corrected chi connectivity index (χ1v) is 11.0. The van der Waals surface area contributed by atoms with Crippen molar-refractivity contribution in [1.29, 1.82) is 0 Å². The third kappa shape index (κ3) is 5.38. The van der Waals surface area contributed by atoms with Crippen molar-refractivity contribution >= 4 is 17.5 Å². The number of benzene rings is 2. The molecule has 0 unspecified atom stereocenters. The zero-order valence-electron chi connectivity index (χ0n) is 16.9. The van der Waals surface area contributed by atoms with Crippen LogP contribution in [0.4, 0.5) is 0 Å². The van der Waals surface area contributed by atoms with Crippen LogP contribution in [-0.4, -0.2) is 74.9 Å². The van der Waals surface area contributed by atoms with Crippen LogP contribution in [0.1, 0.15) is 22.3 Å². The lowest BCUT2D eigenvalue weighted by Crippen LogP contribution is -2.60. The minimum atomic E-state index is -1.63. The number of aromatic hydroxyl groups is 1. The van der Waals surface area contributed by atoms with Crippen molar-refractivity contribution in [2.45, 2.75) is 48.4 Å². The summed E-state index contributed by atoms with van der Waals surface area (Å²) < 4.78 is 10.9. The number of phenolic OH excluding ortho intramolecular Hbond substituents is 1. The van der Waals surface area contributed by atoms with E-state index < -0.39 is 37.3 Å². The van der Waals surface area contributed by atoms with Crippen LogP contribution in [0.5, 0.6) is 11.5 Å². The first kappa shape index (κ1) is 23.5. The molecule has 0 bridgehead atoms. The van der Waals surface area contributed by atoms with Crippen molar-refractivity contribution in [2.75, 3.05) is 12.9 Å². The molecule has 0 aliphatic carbocycles. The molecule has 8 nitrogen and oxygen atoms in total. The highest BCUT2D eigenvalue weighted by Gasteiger charge is 2.45. The summed E-state index contributed by atoms with van der Waals surface area (Å²) in [5, 5.41) is 49.6. The highest BCUT2D eigenvalue weighted by Crippen LogP contribution is 2.32. The average molecular weight is 451 g/mol. The van der Waals surface area contributed by atoms with Gasteiger partial charge < -0.3 is 35.0 Å². The third-order valence-electron chi connectivity index (χ3n) is 5.17. The molecule has 1 aliphatic heterocycles. The lowest BCUT2D eigenvalue weighted by Gasteiger charge is -2.39. The molecular weight excluding hydrogens is 424 g/mol. The standard InChI is InChI=1S/C22H26O8S/c1-31-13-8-5-12(6-9-13)7-10-15(25)18-14(24)3-2-4-16(18)29-22-21(28)20(27)19(26)17(11-23)30-22/h2-6,8-9,17,19-24,26-28H,7,10-11H2,1H3/t17-,19-,20+,21-,22-/m1/s1. The van der Waals surface area contributed by atoms with E-state index >= 15 is 0 Å². The van der Waals surface area contributed by atoms with E-state index in [2.05, 4.69) is 0 Å². The van der Waals surface area contributed by atoms with Crippen LogP contribution in [0.15, 0.2) is 47.4 Å². The lowest BCUT2D eigenvalue weighted by atomic mass is 9.99. The van der Waals surface area contributed by atoms with E-state index in [1.165, 1.54) is 18.2 Å². The van der Waals surface area contributed by atoms with Gasteiger partial charge in [-0.05, 0) is 42.5 Å². The van der Waals surface area contributed by atoms with Gasteiger partial charge in [-0.1, -0.05) is 18.2 Å². The van der Waals surface area contributed by atoms with Gasteiger partial charge in [-0.3, -0.25) is 4.79 Å². The minimum absolute atomic E-state index is 0.0351. The molecule has 168 valence electrons. The number of thioether (sulfide) groups is 1. The average Bonchev–Trinajstić information content (AvgIpc) is 2.78. The number of rotatable bonds is 8. The summed E-state index contributed by atoms with van der Waals surface area (Å²) >= 11 is 1.62. The van der Waals surface area contributed by atoms with Crippen LogP contribution in [0, 0.1) is 0 Å². The topological polar surface area (TPSA) is 137 Å². The van der Waals surface area contributed by atoms with E-state index in [0.29, 0.717) is 6.42 Å². The minimum Gasteiger partial charge on any atom is -0.507 e. The second-order valence-corrected chi connectivity index (χ2v) is 8.12. The quantitative estimate of drug-likeness (QED) is 0.296. The number of aliphatic hydroxyl groups is 4. The Labute approximate surface area is 184 Å². The summed E-state index contributed by atoms with van der Waals surface area (Å²) in [5.41, 5.74) is 0.901. The molecule has 2 aromatic carbocycles. The Morgan fingerprint density at radius 1 is 1.06 bits per heavy atom. The molecule has 2 aromatic rings. The van der Waals surface area contributed by atoms with Gasteiger partial charge in [0, 0.05) is 11.3 Å². The maximum absolute atomic E-state index is 12.9. The van der Waals surface area contributed by atoms with E-state index in [9.17, 15) is 30.3 Å². The van der Waals surface area contributed by atoms with Gasteiger partial charge in [0.25, 0.3) is 0 Å². The van der Waals surface area contributed by atoms with Crippen molar-refractivity contribution in [3.63, 3.8) is 0 Å². The second-order valence-electron chi connectivity index (χ2n) is 7.24. The fourth-order valence-electron chi connectivity index (χ4n) is 3.36. The van der Waals surface area contributed by atoms with E-state index in [-0.39, 0.29) is 29.3 Å². The number of hydrogen-bond acceptors (Lipinski definition) is 9. The molecule has 0 amide bonds. The molecule has 0 aromatic heterocycles. The molecule has 1 fully saturated rings. The molecule has 5 N–H and O–H groups in total. The number of hydrogen-bond donors (Lipinski definition) is 5. The van der Waals surface area contributed by atoms with Gasteiger partial charge in [0.05, 0.1) is 6.61 Å². The first-order valence-electron chi connectivity index (χ1n) is 9.81. The van der Waals surface area contributed by atoms with Crippen molar-refractivity contribution < 1.29 is 39.8 Å². The SMILES string of the molecule is CSc1ccc(CCC(=O)c2c(O)cccc2O[C@@H]2O[C@H](CO)[C@@H](O)[C@H](O)[C@H]2O)cc1. The highest BCUT2D eigenvalue weighted by atomic mass is 32.2. The van der Waals surface area contributed by atoms with Gasteiger partial charge >= 0.3 is 0 Å². The van der Waals surface area contributed by atoms with E-state index in [4.69, 9.17) is 9.47 Å². The normalized spacial score (nSPS) is 25.9. The fraction of sp³-hybridized carbons (Fsp3) is 0.409. The number of phenols is 1. The molecular formula is C22H26O8S. The number of carbonyl (C=O) groups excluding carboxylic acids is 1. The number of Topliss-reactive ketones (excluding diaryl/α,β-unsaturated/α-hetero) is 1. The zero-order chi connectivity index (χ0) is 22.5. The Hall–Kier alpha value is -2.14. The molecule has 9 heteroatoms. The molecule has 3 rings (SSSR count). The number of ketones is 1. The van der Waals surface area contributed by atoms with Crippen LogP contribution < -0.4 is 4.74 Å². The molecule has 1 heterocycles. The van der Waals surface area contributed by atoms with Crippen LogP contribution in [0.25, 0.3) is 0 Å². The Bertz CT molecular complexity index is 886. The van der Waals surface area contributed by atoms with Crippen LogP contribution >= 0.6 is 11.8 Å². The van der Waals surface area contributed by atoms with E-state index in [1.807, 2.05) is 30.5 Å². The predicted octanol–water partition coefficient (Wildman–Crippen LogP) is 1.11. The smallest absolute Gasteiger partial charge is 0.229 e. The maximum atomic E-state index is 12.9. The number of aryl methyl sites for hydroxylation is 1. The Kier molecular flexibility index (Phi) is 7.93. The molecule has 31 heavy (non-hydrogen) atoms. The molecule has 0 spiro atoms. The summed E-state index contributed by atoms with van der Waals surface area (Å²) in [7, 11) is 0. The van der Waals surface area contributed by atoms with Gasteiger partial charge in [-0.15, -0.1) is 11.8 Å². The van der Waals surface area contributed by atoms with Crippen molar-refractivity contribution in [3.8, 4) is 11.5 Å². The Morgan fingerprint density at radius 3 is 2.42 bits per heavy atom. The van der Waals surface area contributed by atoms with Gasteiger partial charge in [-0.2, -0.15) is 0 Å². The summed E-state index contributed by atoms with van der Waals surface area (Å²) in [4.78, 5) is 14.0. The first-order chi connectivity index (χ1) is 14.8. The van der Waals surface area contributed by atoms with Crippen molar-refractivity contribution in [3.05, 3.63) is 53.6 Å². The maximum Gasteiger partial charge on any atom is 0.229 e. The highest BCUT2D eigenvalue weighted by molar-refractivity contribution is 7.98. The van der Waals surface area contributed by atoms with Crippen LogP contribution in [0.2, 0.25) is 0 Å². The van der Waals surface area contributed by atoms with Gasteiger partial charge in [0.1, 0.15) is 41.5 Å². The van der Waals surface area contributed by atoms with Gasteiger partial charge in [0.15, 0.2) is 5.78 Å². The number of aliphatic hydroxyl groups excluding tert-OH is 4. The molecule has 0 saturated carbocycles. The van der Waals surface area contributed by atoms with Gasteiger partial charge in [0.2, 0.25) is 6.29 Å². The molecule has 1 aliphatic rings. The lowest BCUT2D eigenvalue weighted by molar-refractivity contribution is -0.277. The zero-order valence-corrected chi connectivity index (χ0v) is 17.7. The van der Waals surface area contributed by atoms with E-state index in [0.717, 1.165) is 10.5 Å². The van der Waals surface area contributed by atoms with E-state index in [1.54, 1.807) is 11.8 Å². The summed E-state index contributed by atoms with van der Waals surface area (Å²) in [6.45, 7) is -0.605. The van der Waals surface area contributed by atoms with Gasteiger partial charge in [-0.25, -0.2) is 0 Å². The Balaban J connectivity index is 1.75. The van der Waals surface area contributed by atoms with Crippen LogP contribution in [0.3, 0.4) is 0 Å². The fourth-order valence-corrected chi connectivity index (χ4v) is 3.77. The number of ether oxygens (including phenoxy) is 2. The van der Waals surface area contributed by atoms with Crippen molar-refractivity contribution in [1.82, 2.24) is 0 Å². The largest absolute Gasteiger partial charge is 0.507 e. The predicted molar refractivity (Wildman–Crippen MR) is 113 cm³/mol. The summed E-state index contributed by atoms with van der Waals surface area (Å²) in [6.07, 6.45) is -4.82. The molecule has 0 radical (unpaired) electrons. The number of carbonyl (C=O) groups is 1. The Morgan fingerprint density at radius 2 is 1.77 bits per heavy atom. The summed E-state index contributed by atoms with van der Waals surface area (Å²) in [6, 6.07) is 12.1. The monoisotopic (exact) mass is 450 g/mol. The summed E-state index contributed by atoms with van der Waals surface area (Å²) in [5.74, 6) is -0.691. The molecule has 5 atom stereocenters. The second kappa shape index (κ2) is 10.4. The van der Waals surface area contributed by atoms with Crippen LogP contribution in [-0.2, 0) is 11.2 Å². The third-order valence-corrected chi connectivity index (χ3v) is 5.92. The molecule has 1 saturated heterocycles.